The van der Waals surface area contributed by atoms with E-state index in [0.717, 1.165) is 26.2 Å². The molecule has 0 aromatic carbocycles. The first-order valence-electron chi connectivity index (χ1n) is 8.09. The van der Waals surface area contributed by atoms with Gasteiger partial charge < -0.3 is 4.90 Å². The van der Waals surface area contributed by atoms with Gasteiger partial charge in [-0.3, -0.25) is 9.80 Å². The second-order valence-electron chi connectivity index (χ2n) is 5.31. The van der Waals surface area contributed by atoms with Gasteiger partial charge in [-0.1, -0.05) is 34.6 Å². The molecule has 0 N–H and O–H groups in total. The zero-order valence-electron chi connectivity index (χ0n) is 13.8. The Labute approximate surface area is 120 Å². The summed E-state index contributed by atoms with van der Waals surface area (Å²) in [6, 6.07) is 0. The summed E-state index contributed by atoms with van der Waals surface area (Å²) in [5.74, 6) is 0. The number of likely N-dealkylation sites (N-methyl/N-ethyl adjacent to an activating group) is 1. The topological polar surface area (TPSA) is 9.72 Å². The van der Waals surface area contributed by atoms with Crippen LogP contribution in [0.1, 0.15) is 54.4 Å². The smallest absolute Gasteiger partial charge is 0.140 e. The third kappa shape index (κ3) is 2.97. The van der Waals surface area contributed by atoms with Crippen molar-refractivity contribution in [2.24, 2.45) is 0 Å². The first-order chi connectivity index (χ1) is 9.13. The summed E-state index contributed by atoms with van der Waals surface area (Å²) in [5, 5.41) is 0. The molecule has 3 heteroatoms. The molecule has 0 aromatic heterocycles. The molecule has 0 bridgehead atoms. The molecule has 0 fully saturated rings. The zero-order valence-corrected chi connectivity index (χ0v) is 13.8. The van der Waals surface area contributed by atoms with Gasteiger partial charge in [0.25, 0.3) is 0 Å². The van der Waals surface area contributed by atoms with Gasteiger partial charge in [0.1, 0.15) is 6.29 Å². The summed E-state index contributed by atoms with van der Waals surface area (Å²) in [6.45, 7) is 18.1. The Bertz CT molecular complexity index is 280. The van der Waals surface area contributed by atoms with Crippen molar-refractivity contribution in [3.05, 3.63) is 12.3 Å². The minimum atomic E-state index is 0.230. The minimum Gasteiger partial charge on any atom is -0.350 e. The van der Waals surface area contributed by atoms with Crippen molar-refractivity contribution in [3.63, 3.8) is 0 Å². The van der Waals surface area contributed by atoms with Crippen LogP contribution in [0.5, 0.6) is 0 Å². The molecule has 0 spiro atoms. The fourth-order valence-corrected chi connectivity index (χ4v) is 3.41. The van der Waals surface area contributed by atoms with Crippen LogP contribution in [0.3, 0.4) is 0 Å². The predicted molar refractivity (Wildman–Crippen MR) is 83.9 cm³/mol. The molecule has 0 amide bonds. The lowest BCUT2D eigenvalue weighted by atomic mass is 9.88. The maximum Gasteiger partial charge on any atom is 0.140 e. The standard InChI is InChI=1S/C16H33N3/c1-7-16(8-2)13-14-18(11-5)15(19(16)12-6)17(9-3)10-4/h13-15H,7-12H2,1-6H3. The number of rotatable bonds is 7. The Hall–Kier alpha value is -0.540. The average Bonchev–Trinajstić information content (AvgIpc) is 2.47. The van der Waals surface area contributed by atoms with E-state index in [9.17, 15) is 0 Å². The highest BCUT2D eigenvalue weighted by atomic mass is 15.5. The summed E-state index contributed by atoms with van der Waals surface area (Å²) in [4.78, 5) is 7.72. The van der Waals surface area contributed by atoms with E-state index in [2.05, 4.69) is 68.5 Å². The van der Waals surface area contributed by atoms with Gasteiger partial charge in [-0.2, -0.15) is 0 Å². The molecule has 1 rings (SSSR count). The molecule has 0 saturated heterocycles. The summed E-state index contributed by atoms with van der Waals surface area (Å²) in [5.41, 5.74) is 0.230. The lowest BCUT2D eigenvalue weighted by Crippen LogP contribution is -2.65. The van der Waals surface area contributed by atoms with Crippen LogP contribution in [0.25, 0.3) is 0 Å². The van der Waals surface area contributed by atoms with Crippen LogP contribution in [0.2, 0.25) is 0 Å². The van der Waals surface area contributed by atoms with Crippen LogP contribution in [0.15, 0.2) is 12.3 Å². The van der Waals surface area contributed by atoms with Crippen molar-refractivity contribution in [2.75, 3.05) is 26.2 Å². The highest BCUT2D eigenvalue weighted by Crippen LogP contribution is 2.33. The molecule has 1 atom stereocenters. The molecule has 0 saturated carbocycles. The van der Waals surface area contributed by atoms with Gasteiger partial charge in [0.15, 0.2) is 0 Å². The second-order valence-corrected chi connectivity index (χ2v) is 5.31. The Balaban J connectivity index is 3.18. The summed E-state index contributed by atoms with van der Waals surface area (Å²) >= 11 is 0. The van der Waals surface area contributed by atoms with Gasteiger partial charge in [-0.05, 0) is 51.7 Å². The fraction of sp³-hybridized carbons (Fsp3) is 0.875. The summed E-state index contributed by atoms with van der Waals surface area (Å²) < 4.78 is 0. The normalized spacial score (nSPS) is 23.3. The molecule has 1 aliphatic rings. The molecule has 0 aromatic rings. The number of nitrogens with zero attached hydrogens (tertiary/aromatic N) is 3. The third-order valence-corrected chi connectivity index (χ3v) is 4.79. The first-order valence-corrected chi connectivity index (χ1v) is 8.09. The lowest BCUT2D eigenvalue weighted by molar-refractivity contribution is -0.0988. The molecule has 1 unspecified atom stereocenters. The molecule has 0 aliphatic carbocycles. The van der Waals surface area contributed by atoms with Crippen LogP contribution in [0, 0.1) is 0 Å². The van der Waals surface area contributed by atoms with Gasteiger partial charge in [0, 0.05) is 12.1 Å². The van der Waals surface area contributed by atoms with Crippen LogP contribution in [-0.4, -0.2) is 52.7 Å². The van der Waals surface area contributed by atoms with Crippen molar-refractivity contribution in [2.45, 2.75) is 66.2 Å². The van der Waals surface area contributed by atoms with Crippen molar-refractivity contribution < 1.29 is 0 Å². The minimum absolute atomic E-state index is 0.230. The second kappa shape index (κ2) is 7.30. The molecular formula is C16H33N3. The van der Waals surface area contributed by atoms with E-state index in [4.69, 9.17) is 0 Å². The van der Waals surface area contributed by atoms with E-state index in [1.165, 1.54) is 12.8 Å². The maximum atomic E-state index is 2.68. The largest absolute Gasteiger partial charge is 0.350 e. The summed E-state index contributed by atoms with van der Waals surface area (Å²) in [7, 11) is 0. The molecule has 1 aliphatic heterocycles. The average molecular weight is 267 g/mol. The highest BCUT2D eigenvalue weighted by molar-refractivity contribution is 5.12. The van der Waals surface area contributed by atoms with Crippen molar-refractivity contribution in [1.82, 2.24) is 14.7 Å². The van der Waals surface area contributed by atoms with Gasteiger partial charge in [0.05, 0.1) is 0 Å². The van der Waals surface area contributed by atoms with Crippen LogP contribution in [-0.2, 0) is 0 Å². The maximum absolute atomic E-state index is 2.68. The van der Waals surface area contributed by atoms with Crippen LogP contribution < -0.4 is 0 Å². The monoisotopic (exact) mass is 267 g/mol. The van der Waals surface area contributed by atoms with Gasteiger partial charge in [-0.15, -0.1) is 0 Å². The van der Waals surface area contributed by atoms with E-state index in [0.29, 0.717) is 6.29 Å². The van der Waals surface area contributed by atoms with E-state index in [-0.39, 0.29) is 5.54 Å². The van der Waals surface area contributed by atoms with E-state index >= 15 is 0 Å². The zero-order chi connectivity index (χ0) is 14.5. The molecule has 1 heterocycles. The van der Waals surface area contributed by atoms with E-state index in [1.807, 2.05) is 0 Å². The van der Waals surface area contributed by atoms with Gasteiger partial charge in [0.2, 0.25) is 0 Å². The van der Waals surface area contributed by atoms with E-state index < -0.39 is 0 Å². The van der Waals surface area contributed by atoms with Crippen molar-refractivity contribution >= 4 is 0 Å². The molecule has 3 nitrogen and oxygen atoms in total. The Morgan fingerprint density at radius 1 is 0.947 bits per heavy atom. The Morgan fingerprint density at radius 2 is 1.53 bits per heavy atom. The quantitative estimate of drug-likeness (QED) is 0.700. The first kappa shape index (κ1) is 16.5. The Morgan fingerprint density at radius 3 is 1.89 bits per heavy atom. The Kier molecular flexibility index (Phi) is 6.34. The van der Waals surface area contributed by atoms with Crippen molar-refractivity contribution in [3.8, 4) is 0 Å². The third-order valence-electron chi connectivity index (χ3n) is 4.79. The fourth-order valence-electron chi connectivity index (χ4n) is 3.41. The number of hydrogen-bond donors (Lipinski definition) is 0. The highest BCUT2D eigenvalue weighted by Gasteiger charge is 2.41. The molecular weight excluding hydrogens is 234 g/mol. The van der Waals surface area contributed by atoms with Crippen LogP contribution >= 0.6 is 0 Å². The lowest BCUT2D eigenvalue weighted by Gasteiger charge is -2.55. The SMILES string of the molecule is CCN1C=CC(CC)(CC)N(CC)C1N(CC)CC. The van der Waals surface area contributed by atoms with Gasteiger partial charge in [-0.25, -0.2) is 0 Å². The number of hydrogen-bond acceptors (Lipinski definition) is 3. The predicted octanol–water partition coefficient (Wildman–Crippen LogP) is 3.34. The van der Waals surface area contributed by atoms with E-state index in [1.54, 1.807) is 0 Å². The van der Waals surface area contributed by atoms with Crippen LogP contribution in [0.4, 0.5) is 0 Å². The van der Waals surface area contributed by atoms with Gasteiger partial charge >= 0.3 is 0 Å². The molecule has 0 radical (unpaired) electrons. The summed E-state index contributed by atoms with van der Waals surface area (Å²) in [6.07, 6.45) is 7.55. The van der Waals surface area contributed by atoms with Crippen molar-refractivity contribution in [1.29, 1.82) is 0 Å². The molecule has 112 valence electrons. The molecule has 19 heavy (non-hydrogen) atoms.